The second kappa shape index (κ2) is 3.42. The monoisotopic (exact) mass is 186 g/mol. The van der Waals surface area contributed by atoms with E-state index in [0.717, 1.165) is 6.07 Å². The van der Waals surface area contributed by atoms with Crippen LogP contribution in [-0.2, 0) is 10.3 Å². The zero-order valence-corrected chi connectivity index (χ0v) is 7.90. The summed E-state index contributed by atoms with van der Waals surface area (Å²) in [7, 11) is 1.49. The lowest BCUT2D eigenvalue weighted by molar-refractivity contribution is 0.0162. The summed E-state index contributed by atoms with van der Waals surface area (Å²) in [5.74, 6) is -1.15. The van der Waals surface area contributed by atoms with Crippen molar-refractivity contribution in [2.75, 3.05) is 7.11 Å². The van der Waals surface area contributed by atoms with Crippen molar-refractivity contribution in [3.63, 3.8) is 0 Å². The van der Waals surface area contributed by atoms with Crippen molar-refractivity contribution in [3.05, 3.63) is 35.4 Å². The van der Waals surface area contributed by atoms with Crippen LogP contribution in [0.1, 0.15) is 19.4 Å². The molecule has 1 aromatic carbocycles. The van der Waals surface area contributed by atoms with Crippen molar-refractivity contribution < 1.29 is 13.5 Å². The van der Waals surface area contributed by atoms with Crippen LogP contribution in [0.15, 0.2) is 18.2 Å². The highest BCUT2D eigenvalue weighted by molar-refractivity contribution is 5.23. The summed E-state index contributed by atoms with van der Waals surface area (Å²) in [6, 6.07) is 3.48. The van der Waals surface area contributed by atoms with E-state index in [4.69, 9.17) is 4.74 Å². The topological polar surface area (TPSA) is 9.23 Å². The molecule has 0 N–H and O–H groups in total. The summed E-state index contributed by atoms with van der Waals surface area (Å²) in [6.07, 6.45) is 0. The molecule has 13 heavy (non-hydrogen) atoms. The molecule has 0 aliphatic rings. The SMILES string of the molecule is COC(C)(C)c1ccc(F)cc1F. The predicted octanol–water partition coefficient (Wildman–Crippen LogP) is 2.85. The van der Waals surface area contributed by atoms with Crippen molar-refractivity contribution >= 4 is 0 Å². The van der Waals surface area contributed by atoms with Crippen molar-refractivity contribution in [2.45, 2.75) is 19.4 Å². The average Bonchev–Trinajstić information content (AvgIpc) is 2.03. The minimum absolute atomic E-state index is 0.358. The Balaban J connectivity index is 3.16. The summed E-state index contributed by atoms with van der Waals surface area (Å²) in [6.45, 7) is 3.45. The van der Waals surface area contributed by atoms with Gasteiger partial charge in [-0.15, -0.1) is 0 Å². The molecule has 0 saturated carbocycles. The minimum Gasteiger partial charge on any atom is -0.374 e. The number of hydrogen-bond acceptors (Lipinski definition) is 1. The molecule has 1 nitrogen and oxygen atoms in total. The van der Waals surface area contributed by atoms with Crippen LogP contribution in [0.3, 0.4) is 0 Å². The molecule has 0 spiro atoms. The quantitative estimate of drug-likeness (QED) is 0.690. The molecular formula is C10H12F2O. The number of ether oxygens (including phenoxy) is 1. The minimum atomic E-state index is -0.724. The van der Waals surface area contributed by atoms with Gasteiger partial charge in [-0.3, -0.25) is 0 Å². The van der Waals surface area contributed by atoms with E-state index in [1.54, 1.807) is 13.8 Å². The molecule has 0 heterocycles. The molecule has 0 saturated heterocycles. The molecule has 0 radical (unpaired) electrons. The van der Waals surface area contributed by atoms with Gasteiger partial charge in [0.2, 0.25) is 0 Å². The fourth-order valence-electron chi connectivity index (χ4n) is 1.09. The van der Waals surface area contributed by atoms with E-state index in [1.165, 1.54) is 19.2 Å². The van der Waals surface area contributed by atoms with E-state index in [9.17, 15) is 8.78 Å². The van der Waals surface area contributed by atoms with E-state index in [-0.39, 0.29) is 0 Å². The lowest BCUT2D eigenvalue weighted by atomic mass is 9.97. The second-order valence-electron chi connectivity index (χ2n) is 3.34. The predicted molar refractivity (Wildman–Crippen MR) is 46.4 cm³/mol. The molecule has 1 aromatic rings. The third kappa shape index (κ3) is 2.04. The number of hydrogen-bond donors (Lipinski definition) is 0. The third-order valence-electron chi connectivity index (χ3n) is 2.09. The van der Waals surface area contributed by atoms with Gasteiger partial charge < -0.3 is 4.74 Å². The number of benzene rings is 1. The molecule has 0 unspecified atom stereocenters. The Kier molecular flexibility index (Phi) is 2.66. The highest BCUT2D eigenvalue weighted by Crippen LogP contribution is 2.26. The Labute approximate surface area is 76.3 Å². The van der Waals surface area contributed by atoms with Crippen LogP contribution in [0.2, 0.25) is 0 Å². The standard InChI is InChI=1S/C10H12F2O/c1-10(2,13-3)8-5-4-7(11)6-9(8)12/h4-6H,1-3H3. The molecule has 0 fully saturated rings. The normalized spacial score (nSPS) is 11.8. The van der Waals surface area contributed by atoms with Crippen molar-refractivity contribution in [1.29, 1.82) is 0 Å². The summed E-state index contributed by atoms with van der Waals surface area (Å²) in [5.41, 5.74) is -0.367. The van der Waals surface area contributed by atoms with Crippen molar-refractivity contribution in [1.82, 2.24) is 0 Å². The molecule has 3 heteroatoms. The largest absolute Gasteiger partial charge is 0.374 e. The van der Waals surface area contributed by atoms with Crippen LogP contribution in [0.4, 0.5) is 8.78 Å². The van der Waals surface area contributed by atoms with Crippen LogP contribution >= 0.6 is 0 Å². The summed E-state index contributed by atoms with van der Waals surface area (Å²) >= 11 is 0. The van der Waals surface area contributed by atoms with Gasteiger partial charge in [-0.2, -0.15) is 0 Å². The third-order valence-corrected chi connectivity index (χ3v) is 2.09. The van der Waals surface area contributed by atoms with Crippen molar-refractivity contribution in [2.24, 2.45) is 0 Å². The first-order valence-electron chi connectivity index (χ1n) is 3.98. The second-order valence-corrected chi connectivity index (χ2v) is 3.34. The highest BCUT2D eigenvalue weighted by Gasteiger charge is 2.23. The molecule has 0 aliphatic carbocycles. The molecule has 0 atom stereocenters. The smallest absolute Gasteiger partial charge is 0.132 e. The Hall–Kier alpha value is -0.960. The van der Waals surface area contributed by atoms with E-state index >= 15 is 0 Å². The molecule has 72 valence electrons. The fourth-order valence-corrected chi connectivity index (χ4v) is 1.09. The number of methoxy groups -OCH3 is 1. The number of halogens is 2. The first kappa shape index (κ1) is 10.1. The average molecular weight is 186 g/mol. The summed E-state index contributed by atoms with van der Waals surface area (Å²) < 4.78 is 30.9. The van der Waals surface area contributed by atoms with Gasteiger partial charge >= 0.3 is 0 Å². The molecule has 0 bridgehead atoms. The maximum Gasteiger partial charge on any atom is 0.132 e. The summed E-state index contributed by atoms with van der Waals surface area (Å²) in [4.78, 5) is 0. The van der Waals surface area contributed by atoms with Gasteiger partial charge in [0.25, 0.3) is 0 Å². The van der Waals surface area contributed by atoms with Gasteiger partial charge in [0.05, 0.1) is 5.60 Å². The Morgan fingerprint density at radius 3 is 2.31 bits per heavy atom. The van der Waals surface area contributed by atoms with E-state index in [1.807, 2.05) is 0 Å². The molecule has 1 rings (SSSR count). The van der Waals surface area contributed by atoms with E-state index < -0.39 is 17.2 Å². The van der Waals surface area contributed by atoms with Gasteiger partial charge in [0, 0.05) is 18.7 Å². The first-order chi connectivity index (χ1) is 5.97. The first-order valence-corrected chi connectivity index (χ1v) is 3.98. The zero-order chi connectivity index (χ0) is 10.1. The Bertz CT molecular complexity index is 308. The van der Waals surface area contributed by atoms with Crippen LogP contribution in [0.5, 0.6) is 0 Å². The van der Waals surface area contributed by atoms with Crippen LogP contribution in [-0.4, -0.2) is 7.11 Å². The van der Waals surface area contributed by atoms with Crippen LogP contribution < -0.4 is 0 Å². The Morgan fingerprint density at radius 2 is 1.85 bits per heavy atom. The zero-order valence-electron chi connectivity index (χ0n) is 7.90. The maximum atomic E-state index is 13.2. The van der Waals surface area contributed by atoms with Crippen LogP contribution in [0.25, 0.3) is 0 Å². The Morgan fingerprint density at radius 1 is 1.23 bits per heavy atom. The lowest BCUT2D eigenvalue weighted by Crippen LogP contribution is -2.21. The molecular weight excluding hydrogens is 174 g/mol. The molecule has 0 amide bonds. The summed E-state index contributed by atoms with van der Waals surface area (Å²) in [5, 5.41) is 0. The number of rotatable bonds is 2. The molecule has 0 aliphatic heterocycles. The van der Waals surface area contributed by atoms with Gasteiger partial charge in [0.15, 0.2) is 0 Å². The molecule has 0 aromatic heterocycles. The van der Waals surface area contributed by atoms with Crippen LogP contribution in [0, 0.1) is 11.6 Å². The van der Waals surface area contributed by atoms with Gasteiger partial charge in [-0.25, -0.2) is 8.78 Å². The van der Waals surface area contributed by atoms with Gasteiger partial charge in [-0.1, -0.05) is 6.07 Å². The van der Waals surface area contributed by atoms with E-state index in [0.29, 0.717) is 5.56 Å². The van der Waals surface area contributed by atoms with Crippen molar-refractivity contribution in [3.8, 4) is 0 Å². The lowest BCUT2D eigenvalue weighted by Gasteiger charge is -2.23. The van der Waals surface area contributed by atoms with Gasteiger partial charge in [-0.05, 0) is 19.9 Å². The highest BCUT2D eigenvalue weighted by atomic mass is 19.1. The maximum absolute atomic E-state index is 13.2. The van der Waals surface area contributed by atoms with E-state index in [2.05, 4.69) is 0 Å². The fraction of sp³-hybridized carbons (Fsp3) is 0.400. The van der Waals surface area contributed by atoms with Gasteiger partial charge in [0.1, 0.15) is 11.6 Å².